The van der Waals surface area contributed by atoms with E-state index in [4.69, 9.17) is 0 Å². The van der Waals surface area contributed by atoms with E-state index in [-0.39, 0.29) is 0 Å². The van der Waals surface area contributed by atoms with Gasteiger partial charge in [0.05, 0.1) is 0 Å². The van der Waals surface area contributed by atoms with E-state index in [1.807, 2.05) is 0 Å². The summed E-state index contributed by atoms with van der Waals surface area (Å²) in [6.07, 6.45) is 1.06. The summed E-state index contributed by atoms with van der Waals surface area (Å²) in [5.74, 6) is 0. The summed E-state index contributed by atoms with van der Waals surface area (Å²) in [5.41, 5.74) is 2.78. The second-order valence-electron chi connectivity index (χ2n) is 3.93. The fourth-order valence-electron chi connectivity index (χ4n) is 1.53. The van der Waals surface area contributed by atoms with Gasteiger partial charge < -0.3 is 5.32 Å². The summed E-state index contributed by atoms with van der Waals surface area (Å²) in [4.78, 5) is 0. The number of halogens is 1. The molecule has 1 aromatic rings. The molecule has 0 saturated carbocycles. The van der Waals surface area contributed by atoms with Crippen molar-refractivity contribution in [1.82, 2.24) is 5.32 Å². The minimum absolute atomic E-state index is 0.473. The van der Waals surface area contributed by atoms with Crippen LogP contribution in [-0.4, -0.2) is 12.6 Å². The highest BCUT2D eigenvalue weighted by Gasteiger charge is 2.04. The molecule has 0 aliphatic rings. The van der Waals surface area contributed by atoms with Crippen molar-refractivity contribution in [3.63, 3.8) is 0 Å². The predicted octanol–water partition coefficient (Wildman–Crippen LogP) is 3.42. The Morgan fingerprint density at radius 3 is 2.73 bits per heavy atom. The standard InChI is InChI=1S/C13H18BrN/c1-10-6-4-5-7-13(10)8-12(3)15-9-11(2)14/h4-7,12,15H,2,8-9H2,1,3H3. The summed E-state index contributed by atoms with van der Waals surface area (Å²) in [5, 5.41) is 3.41. The largest absolute Gasteiger partial charge is 0.309 e. The molecular weight excluding hydrogens is 250 g/mol. The lowest BCUT2D eigenvalue weighted by atomic mass is 10.0. The van der Waals surface area contributed by atoms with E-state index >= 15 is 0 Å². The van der Waals surface area contributed by atoms with E-state index in [0.29, 0.717) is 6.04 Å². The van der Waals surface area contributed by atoms with Crippen LogP contribution >= 0.6 is 15.9 Å². The lowest BCUT2D eigenvalue weighted by Gasteiger charge is -2.14. The van der Waals surface area contributed by atoms with Gasteiger partial charge in [-0.3, -0.25) is 0 Å². The molecule has 0 saturated heterocycles. The van der Waals surface area contributed by atoms with Crippen LogP contribution in [-0.2, 0) is 6.42 Å². The summed E-state index contributed by atoms with van der Waals surface area (Å²) < 4.78 is 0.999. The van der Waals surface area contributed by atoms with Crippen molar-refractivity contribution in [3.8, 4) is 0 Å². The number of hydrogen-bond acceptors (Lipinski definition) is 1. The average molecular weight is 268 g/mol. The summed E-state index contributed by atoms with van der Waals surface area (Å²) >= 11 is 3.35. The average Bonchev–Trinajstić information content (AvgIpc) is 2.18. The molecule has 1 N–H and O–H groups in total. The van der Waals surface area contributed by atoms with Crippen molar-refractivity contribution in [2.24, 2.45) is 0 Å². The van der Waals surface area contributed by atoms with Crippen molar-refractivity contribution in [3.05, 3.63) is 46.5 Å². The maximum Gasteiger partial charge on any atom is 0.0268 e. The maximum atomic E-state index is 3.81. The molecule has 82 valence electrons. The highest BCUT2D eigenvalue weighted by atomic mass is 79.9. The molecule has 1 nitrogen and oxygen atoms in total. The predicted molar refractivity (Wildman–Crippen MR) is 70.4 cm³/mol. The fraction of sp³-hybridized carbons (Fsp3) is 0.385. The first-order chi connectivity index (χ1) is 7.09. The van der Waals surface area contributed by atoms with Crippen molar-refractivity contribution in [1.29, 1.82) is 0 Å². The van der Waals surface area contributed by atoms with Crippen molar-refractivity contribution in [2.45, 2.75) is 26.3 Å². The minimum atomic E-state index is 0.473. The second kappa shape index (κ2) is 6.09. The highest BCUT2D eigenvalue weighted by Crippen LogP contribution is 2.10. The third-order valence-corrected chi connectivity index (χ3v) is 2.71. The first-order valence-electron chi connectivity index (χ1n) is 5.20. The summed E-state index contributed by atoms with van der Waals surface area (Å²) in [6.45, 7) is 8.99. The molecule has 0 fully saturated rings. The van der Waals surface area contributed by atoms with E-state index in [2.05, 4.69) is 65.9 Å². The second-order valence-corrected chi connectivity index (χ2v) is 5.05. The molecule has 0 amide bonds. The first kappa shape index (κ1) is 12.5. The van der Waals surface area contributed by atoms with Gasteiger partial charge in [-0.05, 0) is 31.4 Å². The van der Waals surface area contributed by atoms with E-state index in [1.165, 1.54) is 11.1 Å². The molecule has 1 aromatic carbocycles. The van der Waals surface area contributed by atoms with Crippen LogP contribution in [0.1, 0.15) is 18.1 Å². The zero-order valence-electron chi connectivity index (χ0n) is 9.39. The van der Waals surface area contributed by atoms with Crippen LogP contribution in [0, 0.1) is 6.92 Å². The van der Waals surface area contributed by atoms with E-state index in [9.17, 15) is 0 Å². The van der Waals surface area contributed by atoms with Crippen LogP contribution in [0.5, 0.6) is 0 Å². The number of nitrogens with one attached hydrogen (secondary N) is 1. The zero-order chi connectivity index (χ0) is 11.3. The van der Waals surface area contributed by atoms with Crippen LogP contribution in [0.15, 0.2) is 35.3 Å². The van der Waals surface area contributed by atoms with Crippen LogP contribution in [0.4, 0.5) is 0 Å². The summed E-state index contributed by atoms with van der Waals surface area (Å²) in [6, 6.07) is 9.00. The molecule has 0 radical (unpaired) electrons. The first-order valence-corrected chi connectivity index (χ1v) is 6.00. The molecule has 0 bridgehead atoms. The Hall–Kier alpha value is -0.600. The third kappa shape index (κ3) is 4.63. The van der Waals surface area contributed by atoms with Gasteiger partial charge in [-0.1, -0.05) is 46.8 Å². The quantitative estimate of drug-likeness (QED) is 0.862. The van der Waals surface area contributed by atoms with Crippen molar-refractivity contribution < 1.29 is 0 Å². The monoisotopic (exact) mass is 267 g/mol. The molecule has 0 aromatic heterocycles. The number of benzene rings is 1. The van der Waals surface area contributed by atoms with Gasteiger partial charge in [-0.25, -0.2) is 0 Å². The number of rotatable bonds is 5. The fourth-order valence-corrected chi connectivity index (χ4v) is 1.69. The van der Waals surface area contributed by atoms with E-state index in [1.54, 1.807) is 0 Å². The van der Waals surface area contributed by atoms with Crippen LogP contribution < -0.4 is 5.32 Å². The lowest BCUT2D eigenvalue weighted by Crippen LogP contribution is -2.29. The van der Waals surface area contributed by atoms with Crippen molar-refractivity contribution >= 4 is 15.9 Å². The molecule has 1 unspecified atom stereocenters. The third-order valence-electron chi connectivity index (χ3n) is 2.43. The summed E-state index contributed by atoms with van der Waals surface area (Å²) in [7, 11) is 0. The molecular formula is C13H18BrN. The Kier molecular flexibility index (Phi) is 5.06. The van der Waals surface area contributed by atoms with Gasteiger partial charge in [-0.15, -0.1) is 0 Å². The van der Waals surface area contributed by atoms with Gasteiger partial charge in [-0.2, -0.15) is 0 Å². The Labute approximate surface area is 101 Å². The lowest BCUT2D eigenvalue weighted by molar-refractivity contribution is 0.578. The number of aryl methyl sites for hydroxylation is 1. The molecule has 0 aliphatic carbocycles. The Morgan fingerprint density at radius 1 is 1.47 bits per heavy atom. The highest BCUT2D eigenvalue weighted by molar-refractivity contribution is 9.11. The topological polar surface area (TPSA) is 12.0 Å². The van der Waals surface area contributed by atoms with Gasteiger partial charge in [0.1, 0.15) is 0 Å². The number of hydrogen-bond donors (Lipinski definition) is 1. The van der Waals surface area contributed by atoms with Gasteiger partial charge in [0.25, 0.3) is 0 Å². The molecule has 15 heavy (non-hydrogen) atoms. The zero-order valence-corrected chi connectivity index (χ0v) is 11.0. The molecule has 1 atom stereocenters. The van der Waals surface area contributed by atoms with Gasteiger partial charge in [0, 0.05) is 17.1 Å². The van der Waals surface area contributed by atoms with E-state index < -0.39 is 0 Å². The molecule has 0 aliphatic heterocycles. The molecule has 0 heterocycles. The van der Waals surface area contributed by atoms with Crippen molar-refractivity contribution in [2.75, 3.05) is 6.54 Å². The Bertz CT molecular complexity index is 333. The maximum absolute atomic E-state index is 3.81. The van der Waals surface area contributed by atoms with E-state index in [0.717, 1.165) is 17.4 Å². The van der Waals surface area contributed by atoms with Crippen LogP contribution in [0.3, 0.4) is 0 Å². The van der Waals surface area contributed by atoms with Gasteiger partial charge >= 0.3 is 0 Å². The Morgan fingerprint density at radius 2 is 2.13 bits per heavy atom. The van der Waals surface area contributed by atoms with Gasteiger partial charge in [0.15, 0.2) is 0 Å². The smallest absolute Gasteiger partial charge is 0.0268 e. The molecule has 1 rings (SSSR count). The molecule has 2 heteroatoms. The molecule has 0 spiro atoms. The minimum Gasteiger partial charge on any atom is -0.309 e. The van der Waals surface area contributed by atoms with Gasteiger partial charge in [0.2, 0.25) is 0 Å². The normalized spacial score (nSPS) is 12.5. The van der Waals surface area contributed by atoms with Crippen LogP contribution in [0.25, 0.3) is 0 Å². The Balaban J connectivity index is 2.47. The SMILES string of the molecule is C=C(Br)CNC(C)Cc1ccccc1C. The van der Waals surface area contributed by atoms with Crippen LogP contribution in [0.2, 0.25) is 0 Å².